The van der Waals surface area contributed by atoms with Gasteiger partial charge in [-0.1, -0.05) is 6.07 Å². The van der Waals surface area contributed by atoms with Crippen LogP contribution >= 0.6 is 0 Å². The number of aromatic nitrogens is 1. The van der Waals surface area contributed by atoms with Crippen LogP contribution in [0.5, 0.6) is 0 Å². The van der Waals surface area contributed by atoms with E-state index in [1.807, 2.05) is 0 Å². The normalized spacial score (nSPS) is 10.2. The Labute approximate surface area is 95.4 Å². The van der Waals surface area contributed by atoms with Gasteiger partial charge in [0.05, 0.1) is 5.56 Å². The van der Waals surface area contributed by atoms with Crippen LogP contribution in [-0.4, -0.2) is 16.1 Å². The first-order chi connectivity index (χ1) is 8.09. The van der Waals surface area contributed by atoms with Gasteiger partial charge in [0.15, 0.2) is 11.6 Å². The second-order valence-electron chi connectivity index (χ2n) is 3.36. The predicted octanol–water partition coefficient (Wildman–Crippen LogP) is 2.73. The van der Waals surface area contributed by atoms with Gasteiger partial charge in [-0.2, -0.15) is 0 Å². The summed E-state index contributed by atoms with van der Waals surface area (Å²) in [5, 5.41) is 8.94. The van der Waals surface area contributed by atoms with Gasteiger partial charge in [-0.15, -0.1) is 0 Å². The maximum Gasteiger partial charge on any atom is 0.337 e. The standard InChI is InChI=1S/C12H7F2NO2/c13-10-2-1-7(5-11(10)14)8-3-4-15-6-9(8)12(16)17/h1-6H,(H,16,17). The van der Waals surface area contributed by atoms with Gasteiger partial charge in [-0.25, -0.2) is 13.6 Å². The molecule has 3 nitrogen and oxygen atoms in total. The number of hydrogen-bond acceptors (Lipinski definition) is 2. The van der Waals surface area contributed by atoms with Gasteiger partial charge < -0.3 is 5.11 Å². The minimum absolute atomic E-state index is 0.0569. The molecule has 5 heteroatoms. The first-order valence-electron chi connectivity index (χ1n) is 4.72. The van der Waals surface area contributed by atoms with Crippen LogP contribution in [-0.2, 0) is 0 Å². The lowest BCUT2D eigenvalue weighted by atomic mass is 10.0. The van der Waals surface area contributed by atoms with Crippen molar-refractivity contribution >= 4 is 5.97 Å². The average molecular weight is 235 g/mol. The zero-order chi connectivity index (χ0) is 12.4. The van der Waals surface area contributed by atoms with Crippen LogP contribution in [0.3, 0.4) is 0 Å². The van der Waals surface area contributed by atoms with Crippen molar-refractivity contribution < 1.29 is 18.7 Å². The largest absolute Gasteiger partial charge is 0.478 e. The summed E-state index contributed by atoms with van der Waals surface area (Å²) in [6.07, 6.45) is 2.56. The lowest BCUT2D eigenvalue weighted by molar-refractivity contribution is 0.0697. The first kappa shape index (κ1) is 11.2. The van der Waals surface area contributed by atoms with Crippen molar-refractivity contribution in [1.29, 1.82) is 0 Å². The van der Waals surface area contributed by atoms with E-state index in [1.54, 1.807) is 0 Å². The summed E-state index contributed by atoms with van der Waals surface area (Å²) >= 11 is 0. The van der Waals surface area contributed by atoms with Gasteiger partial charge in [0.2, 0.25) is 0 Å². The Kier molecular flexibility index (Phi) is 2.82. The van der Waals surface area contributed by atoms with Crippen LogP contribution < -0.4 is 0 Å². The summed E-state index contributed by atoms with van der Waals surface area (Å²) in [6.45, 7) is 0. The molecule has 1 aromatic heterocycles. The van der Waals surface area contributed by atoms with E-state index in [0.29, 0.717) is 11.1 Å². The minimum Gasteiger partial charge on any atom is -0.478 e. The Morgan fingerprint density at radius 2 is 1.94 bits per heavy atom. The molecule has 0 unspecified atom stereocenters. The SMILES string of the molecule is O=C(O)c1cnccc1-c1ccc(F)c(F)c1. The Hall–Kier alpha value is -2.30. The predicted molar refractivity (Wildman–Crippen MR) is 56.5 cm³/mol. The molecule has 0 aliphatic rings. The highest BCUT2D eigenvalue weighted by molar-refractivity contribution is 5.95. The van der Waals surface area contributed by atoms with E-state index in [1.165, 1.54) is 24.5 Å². The summed E-state index contributed by atoms with van der Waals surface area (Å²) in [6, 6.07) is 4.67. The molecular weight excluding hydrogens is 228 g/mol. The van der Waals surface area contributed by atoms with Crippen molar-refractivity contribution in [2.24, 2.45) is 0 Å². The fourth-order valence-electron chi connectivity index (χ4n) is 1.48. The van der Waals surface area contributed by atoms with Crippen LogP contribution in [0.4, 0.5) is 8.78 Å². The zero-order valence-electron chi connectivity index (χ0n) is 8.52. The number of hydrogen-bond donors (Lipinski definition) is 1. The third kappa shape index (κ3) is 2.13. The highest BCUT2D eigenvalue weighted by Crippen LogP contribution is 2.24. The van der Waals surface area contributed by atoms with E-state index < -0.39 is 17.6 Å². The van der Waals surface area contributed by atoms with Crippen LogP contribution in [0.25, 0.3) is 11.1 Å². The Morgan fingerprint density at radius 1 is 1.18 bits per heavy atom. The van der Waals surface area contributed by atoms with Gasteiger partial charge in [-0.3, -0.25) is 4.98 Å². The van der Waals surface area contributed by atoms with Crippen molar-refractivity contribution in [2.45, 2.75) is 0 Å². The van der Waals surface area contributed by atoms with E-state index in [2.05, 4.69) is 4.98 Å². The molecule has 0 spiro atoms. The maximum atomic E-state index is 13.1. The maximum absolute atomic E-state index is 13.1. The molecule has 0 bridgehead atoms. The number of carboxylic acids is 1. The van der Waals surface area contributed by atoms with Crippen molar-refractivity contribution in [2.75, 3.05) is 0 Å². The second-order valence-corrected chi connectivity index (χ2v) is 3.36. The Morgan fingerprint density at radius 3 is 2.59 bits per heavy atom. The molecule has 86 valence electrons. The molecule has 0 fully saturated rings. The molecule has 1 aromatic carbocycles. The fraction of sp³-hybridized carbons (Fsp3) is 0. The lowest BCUT2D eigenvalue weighted by Crippen LogP contribution is -2.00. The van der Waals surface area contributed by atoms with Gasteiger partial charge in [-0.05, 0) is 29.3 Å². The van der Waals surface area contributed by atoms with E-state index >= 15 is 0 Å². The number of carboxylic acid groups (broad SMARTS) is 1. The molecule has 2 rings (SSSR count). The lowest BCUT2D eigenvalue weighted by Gasteiger charge is -2.05. The van der Waals surface area contributed by atoms with Crippen LogP contribution in [0, 0.1) is 11.6 Å². The van der Waals surface area contributed by atoms with Crippen LogP contribution in [0.2, 0.25) is 0 Å². The topological polar surface area (TPSA) is 50.2 Å². The number of halogens is 2. The van der Waals surface area contributed by atoms with E-state index in [0.717, 1.165) is 12.1 Å². The Bertz CT molecular complexity index is 584. The molecule has 2 aromatic rings. The highest BCUT2D eigenvalue weighted by atomic mass is 19.2. The fourth-order valence-corrected chi connectivity index (χ4v) is 1.48. The van der Waals surface area contributed by atoms with Gasteiger partial charge in [0, 0.05) is 12.4 Å². The number of carbonyl (C=O) groups is 1. The van der Waals surface area contributed by atoms with Crippen LogP contribution in [0.15, 0.2) is 36.7 Å². The zero-order valence-corrected chi connectivity index (χ0v) is 8.52. The molecule has 0 atom stereocenters. The smallest absolute Gasteiger partial charge is 0.337 e. The number of benzene rings is 1. The van der Waals surface area contributed by atoms with E-state index in [9.17, 15) is 13.6 Å². The number of aromatic carboxylic acids is 1. The highest BCUT2D eigenvalue weighted by Gasteiger charge is 2.13. The summed E-state index contributed by atoms with van der Waals surface area (Å²) in [5.41, 5.74) is 0.536. The quantitative estimate of drug-likeness (QED) is 0.870. The number of nitrogens with zero attached hydrogens (tertiary/aromatic N) is 1. The van der Waals surface area contributed by atoms with Crippen molar-refractivity contribution in [1.82, 2.24) is 4.98 Å². The molecular formula is C12H7F2NO2. The van der Waals surface area contributed by atoms with Crippen LogP contribution in [0.1, 0.15) is 10.4 Å². The summed E-state index contributed by atoms with van der Waals surface area (Å²) in [4.78, 5) is 14.6. The van der Waals surface area contributed by atoms with Gasteiger partial charge >= 0.3 is 5.97 Å². The molecule has 17 heavy (non-hydrogen) atoms. The molecule has 0 aliphatic carbocycles. The molecule has 0 saturated carbocycles. The first-order valence-corrected chi connectivity index (χ1v) is 4.72. The van der Waals surface area contributed by atoms with Gasteiger partial charge in [0.1, 0.15) is 0 Å². The molecule has 1 heterocycles. The average Bonchev–Trinajstić information content (AvgIpc) is 2.32. The third-order valence-corrected chi connectivity index (χ3v) is 2.28. The number of pyridine rings is 1. The van der Waals surface area contributed by atoms with Crippen molar-refractivity contribution in [3.63, 3.8) is 0 Å². The molecule has 0 saturated heterocycles. The third-order valence-electron chi connectivity index (χ3n) is 2.28. The number of rotatable bonds is 2. The van der Waals surface area contributed by atoms with Crippen molar-refractivity contribution in [3.05, 3.63) is 53.9 Å². The molecule has 0 aliphatic heterocycles. The van der Waals surface area contributed by atoms with E-state index in [-0.39, 0.29) is 5.56 Å². The summed E-state index contributed by atoms with van der Waals surface area (Å²) < 4.78 is 25.8. The second kappa shape index (κ2) is 4.29. The summed E-state index contributed by atoms with van der Waals surface area (Å²) in [5.74, 6) is -3.16. The van der Waals surface area contributed by atoms with E-state index in [4.69, 9.17) is 5.11 Å². The Balaban J connectivity index is 2.60. The molecule has 1 N–H and O–H groups in total. The van der Waals surface area contributed by atoms with Gasteiger partial charge in [0.25, 0.3) is 0 Å². The summed E-state index contributed by atoms with van der Waals surface area (Å²) in [7, 11) is 0. The molecule has 0 amide bonds. The molecule has 0 radical (unpaired) electrons. The minimum atomic E-state index is -1.17. The monoisotopic (exact) mass is 235 g/mol. The van der Waals surface area contributed by atoms with Crippen molar-refractivity contribution in [3.8, 4) is 11.1 Å².